The Morgan fingerprint density at radius 1 is 1.05 bits per heavy atom. The van der Waals surface area contributed by atoms with E-state index in [0.717, 1.165) is 31.2 Å². The molecule has 1 saturated carbocycles. The lowest BCUT2D eigenvalue weighted by atomic mass is 9.78. The molecule has 110 valence electrons. The van der Waals surface area contributed by atoms with Crippen LogP contribution in [0.3, 0.4) is 0 Å². The summed E-state index contributed by atoms with van der Waals surface area (Å²) in [5.74, 6) is -1.06. The average molecular weight is 286 g/mol. The minimum absolute atomic E-state index is 0.191. The van der Waals surface area contributed by atoms with E-state index in [9.17, 15) is 17.6 Å². The first kappa shape index (κ1) is 15.1. The van der Waals surface area contributed by atoms with E-state index in [4.69, 9.17) is 0 Å². The fourth-order valence-electron chi connectivity index (χ4n) is 2.79. The third kappa shape index (κ3) is 4.09. The smallest absolute Gasteiger partial charge is 0.210 e. The van der Waals surface area contributed by atoms with Gasteiger partial charge in [0.1, 0.15) is 0 Å². The molecule has 0 bridgehead atoms. The van der Waals surface area contributed by atoms with Crippen molar-refractivity contribution < 1.29 is 17.6 Å². The Morgan fingerprint density at radius 2 is 1.75 bits per heavy atom. The van der Waals surface area contributed by atoms with Crippen molar-refractivity contribution in [2.45, 2.75) is 44.4 Å². The molecule has 0 spiro atoms. The Labute approximate surface area is 116 Å². The first-order valence-corrected chi connectivity index (χ1v) is 6.96. The van der Waals surface area contributed by atoms with Crippen molar-refractivity contribution in [2.75, 3.05) is 0 Å². The highest BCUT2D eigenvalue weighted by Gasteiger charge is 2.21. The molecule has 0 aliphatic heterocycles. The highest BCUT2D eigenvalue weighted by Crippen LogP contribution is 2.36. The summed E-state index contributed by atoms with van der Waals surface area (Å²) >= 11 is 0. The van der Waals surface area contributed by atoms with Gasteiger partial charge < -0.3 is 0 Å². The van der Waals surface area contributed by atoms with Crippen molar-refractivity contribution in [3.63, 3.8) is 0 Å². The van der Waals surface area contributed by atoms with E-state index < -0.39 is 18.1 Å². The van der Waals surface area contributed by atoms with Gasteiger partial charge in [0, 0.05) is 6.42 Å². The summed E-state index contributed by atoms with van der Waals surface area (Å²) < 4.78 is 50.1. The minimum Gasteiger partial charge on any atom is -0.210 e. The summed E-state index contributed by atoms with van der Waals surface area (Å²) in [4.78, 5) is 0. The number of hydrogen-bond acceptors (Lipinski definition) is 0. The second kappa shape index (κ2) is 6.91. The van der Waals surface area contributed by atoms with Crippen molar-refractivity contribution in [1.82, 2.24) is 0 Å². The number of benzene rings is 1. The Bertz CT molecular complexity index is 460. The van der Waals surface area contributed by atoms with Gasteiger partial charge in [0.25, 0.3) is 0 Å². The Hall–Kier alpha value is -1.32. The molecule has 0 heterocycles. The molecule has 0 aromatic heterocycles. The fourth-order valence-corrected chi connectivity index (χ4v) is 2.79. The average Bonchev–Trinajstić information content (AvgIpc) is 2.42. The summed E-state index contributed by atoms with van der Waals surface area (Å²) in [6, 6.07) is 4.07. The highest BCUT2D eigenvalue weighted by molar-refractivity contribution is 5.22. The monoisotopic (exact) mass is 286 g/mol. The van der Waals surface area contributed by atoms with E-state index in [1.54, 1.807) is 12.1 Å². The number of halogens is 4. The van der Waals surface area contributed by atoms with E-state index in [-0.39, 0.29) is 12.3 Å². The first-order chi connectivity index (χ1) is 9.56. The van der Waals surface area contributed by atoms with E-state index >= 15 is 0 Å². The van der Waals surface area contributed by atoms with Crippen LogP contribution in [0.1, 0.15) is 43.6 Å². The second-order valence-corrected chi connectivity index (χ2v) is 5.34. The number of alkyl halides is 2. The van der Waals surface area contributed by atoms with Gasteiger partial charge in [-0.15, -0.1) is 0 Å². The molecule has 2 rings (SSSR count). The summed E-state index contributed by atoms with van der Waals surface area (Å²) in [6.45, 7) is 0. The van der Waals surface area contributed by atoms with Gasteiger partial charge >= 0.3 is 0 Å². The lowest BCUT2D eigenvalue weighted by Gasteiger charge is -2.27. The summed E-state index contributed by atoms with van der Waals surface area (Å²) in [6.07, 6.45) is 4.52. The SMILES string of the molecule is Fc1ccc([C@H]2CC[C@H](C=CCC(F)F)CC2)cc1F. The van der Waals surface area contributed by atoms with Crippen LogP contribution in [-0.4, -0.2) is 6.43 Å². The van der Waals surface area contributed by atoms with Gasteiger partial charge in [-0.2, -0.15) is 0 Å². The van der Waals surface area contributed by atoms with Crippen LogP contribution in [0.4, 0.5) is 17.6 Å². The van der Waals surface area contributed by atoms with Crippen molar-refractivity contribution in [3.05, 3.63) is 47.5 Å². The largest absolute Gasteiger partial charge is 0.242 e. The minimum atomic E-state index is -2.29. The molecule has 1 aromatic carbocycles. The highest BCUT2D eigenvalue weighted by atomic mass is 19.3. The quantitative estimate of drug-likeness (QED) is 0.510. The molecule has 0 radical (unpaired) electrons. The molecule has 1 fully saturated rings. The molecule has 0 atom stereocenters. The molecule has 0 saturated heterocycles. The number of rotatable bonds is 4. The van der Waals surface area contributed by atoms with Crippen LogP contribution in [0.25, 0.3) is 0 Å². The molecule has 0 unspecified atom stereocenters. The predicted octanol–water partition coefficient (Wildman–Crippen LogP) is 5.45. The zero-order valence-electron chi connectivity index (χ0n) is 11.2. The molecule has 1 aliphatic carbocycles. The van der Waals surface area contributed by atoms with Crippen molar-refractivity contribution in [2.24, 2.45) is 5.92 Å². The maximum atomic E-state index is 13.2. The van der Waals surface area contributed by atoms with Crippen LogP contribution in [0.15, 0.2) is 30.4 Å². The Kier molecular flexibility index (Phi) is 5.21. The molecule has 0 N–H and O–H groups in total. The molecule has 0 amide bonds. The Morgan fingerprint density at radius 3 is 2.35 bits per heavy atom. The first-order valence-electron chi connectivity index (χ1n) is 6.96. The zero-order chi connectivity index (χ0) is 14.5. The molecule has 1 aromatic rings. The third-order valence-electron chi connectivity index (χ3n) is 3.91. The second-order valence-electron chi connectivity index (χ2n) is 5.34. The number of hydrogen-bond donors (Lipinski definition) is 0. The lowest BCUT2D eigenvalue weighted by Crippen LogP contribution is -2.12. The maximum Gasteiger partial charge on any atom is 0.242 e. The van der Waals surface area contributed by atoms with Gasteiger partial charge in [-0.25, -0.2) is 17.6 Å². The van der Waals surface area contributed by atoms with E-state index in [0.29, 0.717) is 5.92 Å². The van der Waals surface area contributed by atoms with Gasteiger partial charge in [-0.1, -0.05) is 18.2 Å². The van der Waals surface area contributed by atoms with Crippen molar-refractivity contribution >= 4 is 0 Å². The predicted molar refractivity (Wildman–Crippen MR) is 70.8 cm³/mol. The van der Waals surface area contributed by atoms with E-state index in [1.807, 2.05) is 6.08 Å². The standard InChI is InChI=1S/C16H18F4/c17-14-9-8-13(10-15(14)18)12-6-4-11(5-7-12)2-1-3-16(19)20/h1-2,8-12,16H,3-7H2/t11-,12-. The molecular formula is C16H18F4. The van der Waals surface area contributed by atoms with Gasteiger partial charge in [0.2, 0.25) is 6.43 Å². The fraction of sp³-hybridized carbons (Fsp3) is 0.500. The summed E-state index contributed by atoms with van der Waals surface area (Å²) in [5, 5.41) is 0. The van der Waals surface area contributed by atoms with E-state index in [1.165, 1.54) is 12.1 Å². The molecule has 20 heavy (non-hydrogen) atoms. The topological polar surface area (TPSA) is 0 Å². The normalized spacial score (nSPS) is 23.6. The van der Waals surface area contributed by atoms with Crippen LogP contribution in [0, 0.1) is 17.6 Å². The van der Waals surface area contributed by atoms with Crippen LogP contribution in [0.5, 0.6) is 0 Å². The van der Waals surface area contributed by atoms with Crippen LogP contribution in [0.2, 0.25) is 0 Å². The molecular weight excluding hydrogens is 268 g/mol. The summed E-state index contributed by atoms with van der Waals surface area (Å²) in [5.41, 5.74) is 0.832. The molecule has 0 nitrogen and oxygen atoms in total. The van der Waals surface area contributed by atoms with Gasteiger partial charge in [0.15, 0.2) is 11.6 Å². The van der Waals surface area contributed by atoms with Crippen molar-refractivity contribution in [3.8, 4) is 0 Å². The Balaban J connectivity index is 1.87. The van der Waals surface area contributed by atoms with Crippen LogP contribution in [-0.2, 0) is 0 Å². The van der Waals surface area contributed by atoms with Crippen LogP contribution >= 0.6 is 0 Å². The molecule has 4 heteroatoms. The lowest BCUT2D eigenvalue weighted by molar-refractivity contribution is 0.152. The van der Waals surface area contributed by atoms with Crippen LogP contribution < -0.4 is 0 Å². The maximum absolute atomic E-state index is 13.2. The van der Waals surface area contributed by atoms with Gasteiger partial charge in [-0.05, 0) is 55.2 Å². The van der Waals surface area contributed by atoms with Crippen molar-refractivity contribution in [1.29, 1.82) is 0 Å². The van der Waals surface area contributed by atoms with E-state index in [2.05, 4.69) is 0 Å². The van der Waals surface area contributed by atoms with Gasteiger partial charge in [-0.3, -0.25) is 0 Å². The zero-order valence-corrected chi connectivity index (χ0v) is 11.2. The number of allylic oxidation sites excluding steroid dienone is 2. The summed E-state index contributed by atoms with van der Waals surface area (Å²) in [7, 11) is 0. The molecule has 1 aliphatic rings. The van der Waals surface area contributed by atoms with Gasteiger partial charge in [0.05, 0.1) is 0 Å². The third-order valence-corrected chi connectivity index (χ3v) is 3.91.